The molecule has 0 aromatic heterocycles. The van der Waals surface area contributed by atoms with Crippen LogP contribution in [0.2, 0.25) is 5.02 Å². The number of hydrogen-bond acceptors (Lipinski definition) is 4. The van der Waals surface area contributed by atoms with E-state index in [1.165, 1.54) is 30.3 Å². The van der Waals surface area contributed by atoms with Crippen molar-refractivity contribution in [2.75, 3.05) is 4.31 Å². The Morgan fingerprint density at radius 2 is 1.68 bits per heavy atom. The molecule has 28 heavy (non-hydrogen) atoms. The van der Waals surface area contributed by atoms with Gasteiger partial charge in [0.15, 0.2) is 0 Å². The molecule has 0 heterocycles. The van der Waals surface area contributed by atoms with Crippen molar-refractivity contribution in [1.29, 1.82) is 0 Å². The molecule has 0 amide bonds. The van der Waals surface area contributed by atoms with Gasteiger partial charge in [0, 0.05) is 22.7 Å². The molecule has 6 nitrogen and oxygen atoms in total. The molecule has 0 aliphatic carbocycles. The molecule has 0 aliphatic rings. The zero-order valence-electron chi connectivity index (χ0n) is 14.3. The molecule has 0 saturated heterocycles. The van der Waals surface area contributed by atoms with Crippen LogP contribution in [0.3, 0.4) is 0 Å². The van der Waals surface area contributed by atoms with Crippen molar-refractivity contribution in [3.8, 4) is 0 Å². The lowest BCUT2D eigenvalue weighted by Crippen LogP contribution is -2.31. The lowest BCUT2D eigenvalue weighted by Gasteiger charge is -2.25. The van der Waals surface area contributed by atoms with Crippen molar-refractivity contribution in [2.45, 2.75) is 11.4 Å². The monoisotopic (exact) mass is 420 g/mol. The third kappa shape index (κ3) is 4.13. The molecule has 9 heteroatoms. The third-order valence-corrected chi connectivity index (χ3v) is 6.03. The summed E-state index contributed by atoms with van der Waals surface area (Å²) in [5.41, 5.74) is 0.185. The Balaban J connectivity index is 2.09. The molecule has 0 radical (unpaired) electrons. The number of benzene rings is 3. The summed E-state index contributed by atoms with van der Waals surface area (Å²) in [5.74, 6) is -0.548. The Labute approximate surface area is 166 Å². The summed E-state index contributed by atoms with van der Waals surface area (Å²) >= 11 is 6.00. The molecule has 0 aliphatic heterocycles. The Morgan fingerprint density at radius 3 is 2.29 bits per heavy atom. The molecule has 144 valence electrons. The fourth-order valence-electron chi connectivity index (χ4n) is 2.59. The average molecular weight is 421 g/mol. The number of rotatable bonds is 6. The van der Waals surface area contributed by atoms with Gasteiger partial charge in [-0.2, -0.15) is 0 Å². The summed E-state index contributed by atoms with van der Waals surface area (Å²) in [4.78, 5) is 10.0. The van der Waals surface area contributed by atoms with Crippen LogP contribution in [0, 0.1) is 15.9 Å². The Kier molecular flexibility index (Phi) is 5.62. The Morgan fingerprint density at radius 1 is 1.00 bits per heavy atom. The predicted molar refractivity (Wildman–Crippen MR) is 104 cm³/mol. The number of nitro benzene ring substituents is 1. The molecule has 0 atom stereocenters. The van der Waals surface area contributed by atoms with Crippen molar-refractivity contribution < 1.29 is 17.7 Å². The summed E-state index contributed by atoms with van der Waals surface area (Å²) in [6, 6.07) is 16.5. The first-order chi connectivity index (χ1) is 13.3. The molecular formula is C19H14ClFN2O4S. The highest BCUT2D eigenvalue weighted by Gasteiger charge is 2.27. The normalized spacial score (nSPS) is 11.2. The quantitative estimate of drug-likeness (QED) is 0.424. The summed E-state index contributed by atoms with van der Waals surface area (Å²) in [7, 11) is -4.14. The SMILES string of the molecule is O=[N+]([O-])c1ccc(S(=O)(=O)N(Cc2ccccc2F)c2cccc(Cl)c2)cc1. The number of nitro groups is 1. The smallest absolute Gasteiger partial charge is 0.262 e. The lowest BCUT2D eigenvalue weighted by molar-refractivity contribution is -0.384. The van der Waals surface area contributed by atoms with E-state index in [0.29, 0.717) is 5.02 Å². The van der Waals surface area contributed by atoms with Gasteiger partial charge in [-0.1, -0.05) is 35.9 Å². The maximum Gasteiger partial charge on any atom is 0.269 e. The summed E-state index contributed by atoms with van der Waals surface area (Å²) < 4.78 is 41.6. The van der Waals surface area contributed by atoms with Gasteiger partial charge in [-0.25, -0.2) is 12.8 Å². The van der Waals surface area contributed by atoms with Crippen molar-refractivity contribution in [3.63, 3.8) is 0 Å². The van der Waals surface area contributed by atoms with Gasteiger partial charge in [0.25, 0.3) is 15.7 Å². The van der Waals surface area contributed by atoms with Crippen LogP contribution in [-0.2, 0) is 16.6 Å². The Bertz CT molecular complexity index is 1120. The molecule has 0 spiro atoms. The number of non-ortho nitro benzene ring substituents is 1. The predicted octanol–water partition coefficient (Wildman–Crippen LogP) is 4.78. The Hall–Kier alpha value is -2.97. The van der Waals surface area contributed by atoms with Crippen LogP contribution < -0.4 is 4.31 Å². The van der Waals surface area contributed by atoms with E-state index < -0.39 is 20.8 Å². The van der Waals surface area contributed by atoms with Crippen LogP contribution in [0.4, 0.5) is 15.8 Å². The van der Waals surface area contributed by atoms with Gasteiger partial charge in [-0.05, 0) is 36.4 Å². The van der Waals surface area contributed by atoms with Crippen LogP contribution in [-0.4, -0.2) is 13.3 Å². The zero-order chi connectivity index (χ0) is 20.3. The van der Waals surface area contributed by atoms with Gasteiger partial charge in [0.2, 0.25) is 0 Å². The van der Waals surface area contributed by atoms with Crippen LogP contribution in [0.1, 0.15) is 5.56 Å². The van der Waals surface area contributed by atoms with E-state index in [4.69, 9.17) is 11.6 Å². The largest absolute Gasteiger partial charge is 0.269 e. The van der Waals surface area contributed by atoms with Crippen molar-refractivity contribution >= 4 is 33.0 Å². The molecule has 0 N–H and O–H groups in total. The maximum atomic E-state index is 14.2. The van der Waals surface area contributed by atoms with Crippen molar-refractivity contribution in [1.82, 2.24) is 0 Å². The highest BCUT2D eigenvalue weighted by Crippen LogP contribution is 2.29. The minimum atomic E-state index is -4.14. The minimum absolute atomic E-state index is 0.158. The molecule has 3 rings (SSSR count). The van der Waals surface area contributed by atoms with E-state index in [0.717, 1.165) is 28.6 Å². The number of nitrogens with zero attached hydrogens (tertiary/aromatic N) is 2. The second kappa shape index (κ2) is 7.95. The maximum absolute atomic E-state index is 14.2. The first-order valence-corrected chi connectivity index (χ1v) is 9.87. The van der Waals surface area contributed by atoms with Crippen LogP contribution in [0.5, 0.6) is 0 Å². The summed E-state index contributed by atoms with van der Waals surface area (Å²) in [6.45, 7) is -0.271. The fourth-order valence-corrected chi connectivity index (χ4v) is 4.21. The van der Waals surface area contributed by atoms with Crippen LogP contribution >= 0.6 is 11.6 Å². The van der Waals surface area contributed by atoms with Gasteiger partial charge in [-0.15, -0.1) is 0 Å². The van der Waals surface area contributed by atoms with Gasteiger partial charge in [0.05, 0.1) is 22.1 Å². The topological polar surface area (TPSA) is 80.5 Å². The molecule has 0 saturated carbocycles. The minimum Gasteiger partial charge on any atom is -0.262 e. The first kappa shape index (κ1) is 19.8. The van der Waals surface area contributed by atoms with Gasteiger partial charge in [0.1, 0.15) is 5.82 Å². The van der Waals surface area contributed by atoms with E-state index in [-0.39, 0.29) is 28.4 Å². The third-order valence-electron chi connectivity index (χ3n) is 4.00. The lowest BCUT2D eigenvalue weighted by atomic mass is 10.2. The van der Waals surface area contributed by atoms with E-state index >= 15 is 0 Å². The van der Waals surface area contributed by atoms with Gasteiger partial charge < -0.3 is 0 Å². The fraction of sp³-hybridized carbons (Fsp3) is 0.0526. The number of anilines is 1. The summed E-state index contributed by atoms with van der Waals surface area (Å²) in [6.07, 6.45) is 0. The highest BCUT2D eigenvalue weighted by atomic mass is 35.5. The van der Waals surface area contributed by atoms with Gasteiger partial charge >= 0.3 is 0 Å². The van der Waals surface area contributed by atoms with E-state index in [1.807, 2.05) is 0 Å². The van der Waals surface area contributed by atoms with E-state index in [9.17, 15) is 22.9 Å². The number of hydrogen-bond donors (Lipinski definition) is 0. The number of halogens is 2. The van der Waals surface area contributed by atoms with Crippen LogP contribution in [0.25, 0.3) is 0 Å². The first-order valence-electron chi connectivity index (χ1n) is 8.05. The van der Waals surface area contributed by atoms with E-state index in [1.54, 1.807) is 18.2 Å². The summed E-state index contributed by atoms with van der Waals surface area (Å²) in [5, 5.41) is 11.1. The molecule has 3 aromatic rings. The molecule has 0 fully saturated rings. The van der Waals surface area contributed by atoms with E-state index in [2.05, 4.69) is 0 Å². The molecule has 0 bridgehead atoms. The van der Waals surface area contributed by atoms with Crippen LogP contribution in [0.15, 0.2) is 77.7 Å². The number of sulfonamides is 1. The zero-order valence-corrected chi connectivity index (χ0v) is 15.9. The molecule has 0 unspecified atom stereocenters. The second-order valence-electron chi connectivity index (χ2n) is 5.83. The van der Waals surface area contributed by atoms with Crippen molar-refractivity contribution in [2.24, 2.45) is 0 Å². The molecule has 3 aromatic carbocycles. The standard InChI is InChI=1S/C19H14ClFN2O4S/c20-15-5-3-6-17(12-15)22(13-14-4-1-2-7-19(14)21)28(26,27)18-10-8-16(9-11-18)23(24)25/h1-12H,13H2. The van der Waals surface area contributed by atoms with Crippen molar-refractivity contribution in [3.05, 3.63) is 99.3 Å². The average Bonchev–Trinajstić information content (AvgIpc) is 2.67. The molecular weight excluding hydrogens is 407 g/mol. The second-order valence-corrected chi connectivity index (χ2v) is 8.13. The highest BCUT2D eigenvalue weighted by molar-refractivity contribution is 7.92. The van der Waals surface area contributed by atoms with Gasteiger partial charge in [-0.3, -0.25) is 14.4 Å².